The second-order valence-corrected chi connectivity index (χ2v) is 5.93. The molecule has 4 nitrogen and oxygen atoms in total. The third kappa shape index (κ3) is 3.37. The van der Waals surface area contributed by atoms with E-state index in [2.05, 4.69) is 0 Å². The van der Waals surface area contributed by atoms with Gasteiger partial charge >= 0.3 is 5.97 Å². The summed E-state index contributed by atoms with van der Waals surface area (Å²) >= 11 is 5.98. The lowest BCUT2D eigenvalue weighted by atomic mass is 9.96. The largest absolute Gasteiger partial charge is 0.488 e. The first-order chi connectivity index (χ1) is 11.0. The quantitative estimate of drug-likeness (QED) is 0.924. The minimum absolute atomic E-state index is 0.0933. The Morgan fingerprint density at radius 1 is 1.17 bits per heavy atom. The van der Waals surface area contributed by atoms with Gasteiger partial charge in [-0.15, -0.1) is 0 Å². The molecule has 0 radical (unpaired) electrons. The van der Waals surface area contributed by atoms with Crippen LogP contribution in [0, 0.1) is 0 Å². The van der Waals surface area contributed by atoms with Crippen LogP contribution in [0.2, 0.25) is 5.02 Å². The molecule has 0 amide bonds. The maximum absolute atomic E-state index is 12.8. The molecule has 0 aliphatic carbocycles. The van der Waals surface area contributed by atoms with Crippen molar-refractivity contribution in [3.8, 4) is 5.75 Å². The zero-order chi connectivity index (χ0) is 16.4. The minimum Gasteiger partial charge on any atom is -0.488 e. The predicted molar refractivity (Wildman–Crippen MR) is 86.2 cm³/mol. The number of aryl methyl sites for hydroxylation is 1. The van der Waals surface area contributed by atoms with E-state index in [0.717, 1.165) is 11.1 Å². The molecule has 2 aromatic rings. The number of hydrogen-bond donors (Lipinski definition) is 1. The minimum atomic E-state index is -0.815. The lowest BCUT2D eigenvalue weighted by Crippen LogP contribution is -2.03. The normalized spacial score (nSPS) is 12.8. The van der Waals surface area contributed by atoms with Gasteiger partial charge in [-0.1, -0.05) is 17.7 Å². The zero-order valence-corrected chi connectivity index (χ0v) is 13.1. The van der Waals surface area contributed by atoms with Crippen molar-refractivity contribution in [1.82, 2.24) is 0 Å². The van der Waals surface area contributed by atoms with Crippen molar-refractivity contribution in [1.29, 1.82) is 0 Å². The molecule has 3 rings (SSSR count). The summed E-state index contributed by atoms with van der Waals surface area (Å²) in [6.45, 7) is 0.299. The number of rotatable bonds is 4. The first-order valence-electron chi connectivity index (χ1n) is 7.35. The van der Waals surface area contributed by atoms with Gasteiger partial charge in [0.05, 0.1) is 5.56 Å². The van der Waals surface area contributed by atoms with Gasteiger partial charge in [0, 0.05) is 22.6 Å². The van der Waals surface area contributed by atoms with Crippen LogP contribution in [0.25, 0.3) is 0 Å². The number of carboxylic acids is 1. The number of ether oxygens (including phenoxy) is 1. The Hall–Kier alpha value is -2.33. The van der Waals surface area contributed by atoms with E-state index in [0.29, 0.717) is 41.3 Å². The number of carboxylic acid groups (broad SMARTS) is 1. The van der Waals surface area contributed by atoms with Gasteiger partial charge in [0.15, 0.2) is 5.78 Å². The van der Waals surface area contributed by atoms with Crippen molar-refractivity contribution in [2.45, 2.75) is 25.9 Å². The fourth-order valence-corrected chi connectivity index (χ4v) is 2.88. The summed E-state index contributed by atoms with van der Waals surface area (Å²) in [7, 11) is 0. The lowest BCUT2D eigenvalue weighted by Gasteiger charge is -2.08. The standard InChI is InChI=1S/C18H15ClO4/c19-13-5-6-14-12(9-13)10-23-16-7-4-11(2-1-3-17(20)21)8-15(16)18(14)22/h4-9H,1-3,10H2,(H,20,21). The van der Waals surface area contributed by atoms with E-state index in [4.69, 9.17) is 21.4 Å². The highest BCUT2D eigenvalue weighted by Gasteiger charge is 2.22. The highest BCUT2D eigenvalue weighted by atomic mass is 35.5. The summed E-state index contributed by atoms with van der Waals surface area (Å²) < 4.78 is 5.72. The highest BCUT2D eigenvalue weighted by molar-refractivity contribution is 6.30. The van der Waals surface area contributed by atoms with E-state index in [9.17, 15) is 9.59 Å². The van der Waals surface area contributed by atoms with Crippen LogP contribution in [-0.4, -0.2) is 16.9 Å². The fourth-order valence-electron chi connectivity index (χ4n) is 2.68. The SMILES string of the molecule is O=C(O)CCCc1ccc2c(c1)C(=O)c1ccc(Cl)cc1CO2. The Morgan fingerprint density at radius 2 is 2.00 bits per heavy atom. The Bertz CT molecular complexity index is 783. The maximum Gasteiger partial charge on any atom is 0.303 e. The second-order valence-electron chi connectivity index (χ2n) is 5.50. The zero-order valence-electron chi connectivity index (χ0n) is 12.3. The van der Waals surface area contributed by atoms with E-state index in [1.54, 1.807) is 30.3 Å². The van der Waals surface area contributed by atoms with Crippen LogP contribution in [0.5, 0.6) is 5.75 Å². The number of halogens is 1. The Kier molecular flexibility index (Phi) is 4.35. The third-order valence-corrected chi connectivity index (χ3v) is 4.07. The maximum atomic E-state index is 12.8. The van der Waals surface area contributed by atoms with Crippen LogP contribution in [0.15, 0.2) is 36.4 Å². The molecule has 118 valence electrons. The first kappa shape index (κ1) is 15.6. The average Bonchev–Trinajstić information content (AvgIpc) is 2.64. The van der Waals surface area contributed by atoms with Crippen molar-refractivity contribution in [2.24, 2.45) is 0 Å². The van der Waals surface area contributed by atoms with E-state index < -0.39 is 5.97 Å². The number of fused-ring (bicyclic) bond motifs is 2. The molecule has 0 saturated heterocycles. The molecule has 0 aromatic heterocycles. The van der Waals surface area contributed by atoms with Gasteiger partial charge in [-0.25, -0.2) is 0 Å². The molecule has 1 N–H and O–H groups in total. The van der Waals surface area contributed by atoms with Crippen LogP contribution < -0.4 is 4.74 Å². The van der Waals surface area contributed by atoms with Gasteiger partial charge in [-0.05, 0) is 48.7 Å². The lowest BCUT2D eigenvalue weighted by molar-refractivity contribution is -0.137. The van der Waals surface area contributed by atoms with Crippen molar-refractivity contribution >= 4 is 23.4 Å². The van der Waals surface area contributed by atoms with E-state index in [-0.39, 0.29) is 12.2 Å². The van der Waals surface area contributed by atoms with Crippen molar-refractivity contribution in [3.63, 3.8) is 0 Å². The molecule has 0 atom stereocenters. The van der Waals surface area contributed by atoms with Gasteiger partial charge in [-0.2, -0.15) is 0 Å². The second kappa shape index (κ2) is 6.42. The monoisotopic (exact) mass is 330 g/mol. The molecule has 0 saturated carbocycles. The number of hydrogen-bond acceptors (Lipinski definition) is 3. The summed E-state index contributed by atoms with van der Waals surface area (Å²) in [6, 6.07) is 10.6. The molecule has 0 unspecified atom stereocenters. The van der Waals surface area contributed by atoms with Crippen molar-refractivity contribution < 1.29 is 19.4 Å². The smallest absolute Gasteiger partial charge is 0.303 e. The van der Waals surface area contributed by atoms with E-state index in [1.807, 2.05) is 6.07 Å². The molecule has 1 aliphatic heterocycles. The number of carbonyl (C=O) groups excluding carboxylic acids is 1. The molecule has 1 aliphatic rings. The molecule has 5 heteroatoms. The van der Waals surface area contributed by atoms with Gasteiger partial charge in [0.2, 0.25) is 0 Å². The molecular formula is C18H15ClO4. The Morgan fingerprint density at radius 3 is 2.78 bits per heavy atom. The van der Waals surface area contributed by atoms with Gasteiger partial charge < -0.3 is 9.84 Å². The van der Waals surface area contributed by atoms with Crippen molar-refractivity contribution in [2.75, 3.05) is 0 Å². The highest BCUT2D eigenvalue weighted by Crippen LogP contribution is 2.30. The molecular weight excluding hydrogens is 316 g/mol. The summed E-state index contributed by atoms with van der Waals surface area (Å²) in [5, 5.41) is 9.28. The number of benzene rings is 2. The summed E-state index contributed by atoms with van der Waals surface area (Å²) in [4.78, 5) is 23.4. The third-order valence-electron chi connectivity index (χ3n) is 3.84. The summed E-state index contributed by atoms with van der Waals surface area (Å²) in [6.07, 6.45) is 1.26. The Balaban J connectivity index is 1.90. The van der Waals surface area contributed by atoms with Gasteiger partial charge in [-0.3, -0.25) is 9.59 Å². The summed E-state index contributed by atoms with van der Waals surface area (Å²) in [5.41, 5.74) is 2.81. The van der Waals surface area contributed by atoms with Crippen molar-refractivity contribution in [3.05, 3.63) is 63.7 Å². The molecule has 0 bridgehead atoms. The van der Waals surface area contributed by atoms with Crippen LogP contribution in [0.3, 0.4) is 0 Å². The van der Waals surface area contributed by atoms with Gasteiger partial charge in [0.25, 0.3) is 0 Å². The topological polar surface area (TPSA) is 63.6 Å². The molecule has 1 heterocycles. The molecule has 23 heavy (non-hydrogen) atoms. The van der Waals surface area contributed by atoms with E-state index >= 15 is 0 Å². The van der Waals surface area contributed by atoms with Crippen LogP contribution >= 0.6 is 11.6 Å². The Labute approximate surface area is 138 Å². The van der Waals surface area contributed by atoms with Crippen LogP contribution in [0.1, 0.15) is 39.9 Å². The number of ketones is 1. The average molecular weight is 331 g/mol. The van der Waals surface area contributed by atoms with Crippen LogP contribution in [-0.2, 0) is 17.8 Å². The predicted octanol–water partition coefficient (Wildman–Crippen LogP) is 3.87. The number of aliphatic carboxylic acids is 1. The molecule has 0 spiro atoms. The summed E-state index contributed by atoms with van der Waals surface area (Å²) in [5.74, 6) is -0.362. The molecule has 2 aromatic carbocycles. The number of carbonyl (C=O) groups is 2. The van der Waals surface area contributed by atoms with E-state index in [1.165, 1.54) is 0 Å². The molecule has 0 fully saturated rings. The fraction of sp³-hybridized carbons (Fsp3) is 0.222. The first-order valence-corrected chi connectivity index (χ1v) is 7.73. The van der Waals surface area contributed by atoms with Crippen LogP contribution in [0.4, 0.5) is 0 Å². The van der Waals surface area contributed by atoms with Gasteiger partial charge in [0.1, 0.15) is 12.4 Å².